The van der Waals surface area contributed by atoms with Crippen LogP contribution in [0.2, 0.25) is 0 Å². The highest BCUT2D eigenvalue weighted by molar-refractivity contribution is 7.17. The molecule has 1 aromatic heterocycles. The Balaban J connectivity index is 1.57. The summed E-state index contributed by atoms with van der Waals surface area (Å²) in [5.74, 6) is -0.271. The van der Waals surface area contributed by atoms with E-state index in [1.807, 2.05) is 38.4 Å². The molecule has 2 amide bonds. The van der Waals surface area contributed by atoms with Gasteiger partial charge in [0.05, 0.1) is 27.3 Å². The highest BCUT2D eigenvalue weighted by Gasteiger charge is 2.58. The van der Waals surface area contributed by atoms with Crippen molar-refractivity contribution in [3.8, 4) is 0 Å². The van der Waals surface area contributed by atoms with Crippen molar-refractivity contribution in [3.63, 3.8) is 0 Å². The topological polar surface area (TPSA) is 86.8 Å². The Morgan fingerprint density at radius 1 is 1.28 bits per heavy atom. The third kappa shape index (κ3) is 3.64. The van der Waals surface area contributed by atoms with Gasteiger partial charge in [-0.3, -0.25) is 10.2 Å². The predicted octanol–water partition coefficient (Wildman–Crippen LogP) is 2.22. The minimum atomic E-state index is -0.535. The second-order valence-corrected chi connectivity index (χ2v) is 9.70. The zero-order valence-corrected chi connectivity index (χ0v) is 18.0. The van der Waals surface area contributed by atoms with Crippen LogP contribution in [0, 0.1) is 11.3 Å². The van der Waals surface area contributed by atoms with E-state index < -0.39 is 5.60 Å². The predicted molar refractivity (Wildman–Crippen MR) is 113 cm³/mol. The van der Waals surface area contributed by atoms with E-state index in [9.17, 15) is 9.59 Å². The first-order valence-electron chi connectivity index (χ1n) is 9.74. The maximum Gasteiger partial charge on any atom is 0.410 e. The molecule has 1 aromatic carbocycles. The lowest BCUT2D eigenvalue weighted by Gasteiger charge is -2.50. The number of carbonyl (C=O) groups excluding carboxylic acids is 2. The fraction of sp³-hybridized carbons (Fsp3) is 0.550. The number of nitrogens with zero attached hydrogens (tertiary/aromatic N) is 3. The van der Waals surface area contributed by atoms with E-state index in [4.69, 9.17) is 4.74 Å². The van der Waals surface area contributed by atoms with Gasteiger partial charge in [-0.15, -0.1) is 11.3 Å². The molecule has 0 saturated carbocycles. The van der Waals surface area contributed by atoms with Crippen molar-refractivity contribution in [2.45, 2.75) is 26.4 Å². The van der Waals surface area contributed by atoms with Gasteiger partial charge in [-0.2, -0.15) is 0 Å². The van der Waals surface area contributed by atoms with Crippen molar-refractivity contribution in [1.82, 2.24) is 20.7 Å². The molecule has 4 rings (SSSR count). The van der Waals surface area contributed by atoms with Gasteiger partial charge < -0.3 is 14.5 Å². The molecule has 1 unspecified atom stereocenters. The number of carbonyl (C=O) groups is 2. The normalized spacial score (nSPS) is 20.8. The van der Waals surface area contributed by atoms with Crippen LogP contribution in [0.25, 0.3) is 10.2 Å². The van der Waals surface area contributed by atoms with E-state index in [1.54, 1.807) is 23.3 Å². The van der Waals surface area contributed by atoms with Gasteiger partial charge in [-0.05, 0) is 32.9 Å². The van der Waals surface area contributed by atoms with E-state index in [0.29, 0.717) is 26.2 Å². The van der Waals surface area contributed by atoms with Crippen LogP contribution in [0.4, 0.5) is 10.5 Å². The van der Waals surface area contributed by atoms with Gasteiger partial charge in [0.25, 0.3) is 0 Å². The summed E-state index contributed by atoms with van der Waals surface area (Å²) in [6.45, 7) is 7.92. The van der Waals surface area contributed by atoms with Crippen molar-refractivity contribution < 1.29 is 14.3 Å². The zero-order chi connectivity index (χ0) is 20.8. The number of benzene rings is 1. The van der Waals surface area contributed by atoms with Crippen molar-refractivity contribution in [1.29, 1.82) is 0 Å². The Hall–Kier alpha value is -2.39. The minimum absolute atomic E-state index is 0.0460. The lowest BCUT2D eigenvalue weighted by atomic mass is 9.71. The number of nitrogens with one attached hydrogen (secondary N) is 2. The third-order valence-corrected chi connectivity index (χ3v) is 6.42. The second kappa shape index (κ2) is 7.14. The standard InChI is InChI=1S/C20H27N5O3S/c1-19(2,3)28-18(27)25-10-20(11-25)9-24(8-13(20)17(26)23-21-4)15-7-5-6-14-16(15)29-12-22-14/h5-7,12-13,21H,8-11H2,1-4H3,(H,23,26). The summed E-state index contributed by atoms with van der Waals surface area (Å²) in [7, 11) is 1.68. The molecule has 2 saturated heterocycles. The van der Waals surface area contributed by atoms with Gasteiger partial charge in [0.1, 0.15) is 5.60 Å². The zero-order valence-electron chi connectivity index (χ0n) is 17.2. The lowest BCUT2D eigenvalue weighted by Crippen LogP contribution is -2.64. The molecule has 0 radical (unpaired) electrons. The van der Waals surface area contributed by atoms with Crippen molar-refractivity contribution in [2.75, 3.05) is 38.1 Å². The molecular formula is C20H27N5O3S. The Kier molecular flexibility index (Phi) is 4.90. The van der Waals surface area contributed by atoms with Gasteiger partial charge >= 0.3 is 6.09 Å². The summed E-state index contributed by atoms with van der Waals surface area (Å²) >= 11 is 1.61. The average molecular weight is 418 g/mol. The number of aromatic nitrogens is 1. The van der Waals surface area contributed by atoms with Crippen molar-refractivity contribution in [2.24, 2.45) is 11.3 Å². The summed E-state index contributed by atoms with van der Waals surface area (Å²) in [5.41, 5.74) is 8.57. The number of thiazole rings is 1. The fourth-order valence-corrected chi connectivity index (χ4v) is 5.16. The first-order valence-corrected chi connectivity index (χ1v) is 10.6. The van der Waals surface area contributed by atoms with Gasteiger partial charge in [0, 0.05) is 38.6 Å². The highest BCUT2D eigenvalue weighted by atomic mass is 32.1. The summed E-state index contributed by atoms with van der Waals surface area (Å²) in [5, 5.41) is 0. The molecule has 3 heterocycles. The van der Waals surface area contributed by atoms with Crippen molar-refractivity contribution >= 4 is 39.2 Å². The first kappa shape index (κ1) is 19.9. The van der Waals surface area contributed by atoms with Crippen LogP contribution in [-0.2, 0) is 9.53 Å². The molecule has 1 atom stereocenters. The van der Waals surface area contributed by atoms with Gasteiger partial charge in [0.2, 0.25) is 5.91 Å². The lowest BCUT2D eigenvalue weighted by molar-refractivity contribution is -0.133. The monoisotopic (exact) mass is 417 g/mol. The average Bonchev–Trinajstić information content (AvgIpc) is 3.23. The Labute approximate surface area is 174 Å². The van der Waals surface area contributed by atoms with Crippen LogP contribution >= 0.6 is 11.3 Å². The molecule has 9 heteroatoms. The van der Waals surface area contributed by atoms with Crippen LogP contribution in [0.15, 0.2) is 23.7 Å². The quantitative estimate of drug-likeness (QED) is 0.745. The summed E-state index contributed by atoms with van der Waals surface area (Å²) < 4.78 is 6.63. The summed E-state index contributed by atoms with van der Waals surface area (Å²) in [6.07, 6.45) is -0.320. The molecular weight excluding hydrogens is 390 g/mol. The molecule has 29 heavy (non-hydrogen) atoms. The molecule has 2 aromatic rings. The highest BCUT2D eigenvalue weighted by Crippen LogP contribution is 2.47. The number of amides is 2. The molecule has 0 bridgehead atoms. The van der Waals surface area contributed by atoms with Crippen LogP contribution in [0.3, 0.4) is 0 Å². The molecule has 2 N–H and O–H groups in total. The number of hydrogen-bond acceptors (Lipinski definition) is 7. The molecule has 2 aliphatic rings. The number of rotatable bonds is 3. The smallest absolute Gasteiger partial charge is 0.410 e. The summed E-state index contributed by atoms with van der Waals surface area (Å²) in [4.78, 5) is 33.6. The molecule has 1 spiro atoms. The largest absolute Gasteiger partial charge is 0.444 e. The van der Waals surface area contributed by atoms with Crippen LogP contribution in [0.1, 0.15) is 20.8 Å². The first-order chi connectivity index (χ1) is 13.7. The number of hydrazine groups is 1. The van der Waals surface area contributed by atoms with E-state index in [-0.39, 0.29) is 23.3 Å². The maximum atomic E-state index is 12.8. The SMILES string of the molecule is CNNC(=O)C1CN(c2cccc3ncsc23)CC12CN(C(=O)OC(C)(C)C)C2. The van der Waals surface area contributed by atoms with Gasteiger partial charge in [0.15, 0.2) is 0 Å². The fourth-order valence-electron chi connectivity index (χ4n) is 4.33. The molecule has 2 aliphatic heterocycles. The van der Waals surface area contributed by atoms with Crippen molar-refractivity contribution in [3.05, 3.63) is 23.7 Å². The van der Waals surface area contributed by atoms with Crippen LogP contribution in [0.5, 0.6) is 0 Å². The molecule has 2 fully saturated rings. The summed E-state index contributed by atoms with van der Waals surface area (Å²) in [6, 6.07) is 6.08. The minimum Gasteiger partial charge on any atom is -0.444 e. The van der Waals surface area contributed by atoms with E-state index in [1.165, 1.54) is 0 Å². The van der Waals surface area contributed by atoms with E-state index in [0.717, 1.165) is 15.9 Å². The van der Waals surface area contributed by atoms with E-state index >= 15 is 0 Å². The Morgan fingerprint density at radius 2 is 2.03 bits per heavy atom. The van der Waals surface area contributed by atoms with Crippen LogP contribution < -0.4 is 15.8 Å². The van der Waals surface area contributed by atoms with Gasteiger partial charge in [-0.1, -0.05) is 6.07 Å². The number of hydrogen-bond donors (Lipinski definition) is 2. The maximum absolute atomic E-state index is 12.8. The third-order valence-electron chi connectivity index (χ3n) is 5.55. The number of ether oxygens (including phenoxy) is 1. The van der Waals surface area contributed by atoms with Crippen LogP contribution in [-0.4, -0.2) is 60.7 Å². The number of fused-ring (bicyclic) bond motifs is 1. The van der Waals surface area contributed by atoms with E-state index in [2.05, 4.69) is 26.8 Å². The molecule has 156 valence electrons. The number of anilines is 1. The molecule has 0 aliphatic carbocycles. The van der Waals surface area contributed by atoms with Gasteiger partial charge in [-0.25, -0.2) is 15.2 Å². The number of likely N-dealkylation sites (tertiary alicyclic amines) is 1. The second-order valence-electron chi connectivity index (χ2n) is 8.85. The molecule has 8 nitrogen and oxygen atoms in total. The Morgan fingerprint density at radius 3 is 2.72 bits per heavy atom. The Bertz CT molecular complexity index is 932.